The molecule has 0 aromatic rings. The smallest absolute Gasteiger partial charge is 0.306 e. The van der Waals surface area contributed by atoms with Crippen LogP contribution >= 0.6 is 0 Å². The van der Waals surface area contributed by atoms with Gasteiger partial charge in [0.15, 0.2) is 6.10 Å². The Morgan fingerprint density at radius 2 is 1.38 bits per heavy atom. The van der Waals surface area contributed by atoms with E-state index in [9.17, 15) is 34.8 Å². The van der Waals surface area contributed by atoms with E-state index in [0.717, 1.165) is 44.4 Å². The van der Waals surface area contributed by atoms with Gasteiger partial charge in [0.2, 0.25) is 0 Å². The fraction of sp³-hybridized carbons (Fsp3) is 0.868. The Morgan fingerprint density at radius 1 is 0.787 bits per heavy atom. The number of aliphatic hydroxyl groups excluding tert-OH is 4. The molecule has 0 aromatic carbocycles. The van der Waals surface area contributed by atoms with Crippen LogP contribution in [0.15, 0.2) is 12.2 Å². The molecule has 0 amide bonds. The van der Waals surface area contributed by atoms with Crippen molar-refractivity contribution in [2.24, 2.45) is 17.8 Å². The molecule has 1 saturated carbocycles. The van der Waals surface area contributed by atoms with E-state index in [1.165, 1.54) is 44.9 Å². The molecule has 9 nitrogen and oxygen atoms in total. The van der Waals surface area contributed by atoms with E-state index in [1.54, 1.807) is 12.2 Å². The predicted molar refractivity (Wildman–Crippen MR) is 185 cm³/mol. The van der Waals surface area contributed by atoms with Crippen LogP contribution in [0.5, 0.6) is 0 Å². The summed E-state index contributed by atoms with van der Waals surface area (Å²) in [4.78, 5) is 37.0. The second kappa shape index (κ2) is 27.1. The first-order valence-electron chi connectivity index (χ1n) is 18.8. The first kappa shape index (κ1) is 43.2. The fourth-order valence-corrected chi connectivity index (χ4v) is 6.23. The molecule has 0 aliphatic heterocycles. The molecule has 0 radical (unpaired) electrons. The second-order valence-corrected chi connectivity index (χ2v) is 13.9. The van der Waals surface area contributed by atoms with E-state index in [-0.39, 0.29) is 44.0 Å². The van der Waals surface area contributed by atoms with Crippen LogP contribution in [-0.4, -0.2) is 75.8 Å². The van der Waals surface area contributed by atoms with Crippen LogP contribution in [-0.2, 0) is 23.9 Å². The summed E-state index contributed by atoms with van der Waals surface area (Å²) in [5.74, 6) is -0.902. The van der Waals surface area contributed by atoms with Gasteiger partial charge in [-0.1, -0.05) is 110 Å². The molecule has 9 heteroatoms. The number of carbonyl (C=O) groups excluding carboxylic acids is 3. The Balaban J connectivity index is 2.19. The minimum Gasteiger partial charge on any atom is -0.462 e. The van der Waals surface area contributed by atoms with Gasteiger partial charge in [-0.25, -0.2) is 0 Å². The minimum atomic E-state index is -0.918. The number of carbonyl (C=O) groups is 3. The molecule has 0 spiro atoms. The first-order chi connectivity index (χ1) is 22.6. The maximum absolute atomic E-state index is 12.7. The van der Waals surface area contributed by atoms with E-state index in [4.69, 9.17) is 9.47 Å². The molecule has 47 heavy (non-hydrogen) atoms. The van der Waals surface area contributed by atoms with Crippen molar-refractivity contribution in [3.05, 3.63) is 12.2 Å². The molecule has 1 aliphatic rings. The summed E-state index contributed by atoms with van der Waals surface area (Å²) in [5, 5.41) is 40.6. The van der Waals surface area contributed by atoms with E-state index in [2.05, 4.69) is 20.8 Å². The van der Waals surface area contributed by atoms with Crippen molar-refractivity contribution in [1.82, 2.24) is 0 Å². The Labute approximate surface area is 284 Å². The quantitative estimate of drug-likeness (QED) is 0.0385. The summed E-state index contributed by atoms with van der Waals surface area (Å²) in [7, 11) is 0. The highest BCUT2D eigenvalue weighted by Crippen LogP contribution is 2.36. The van der Waals surface area contributed by atoms with Crippen LogP contribution in [0.2, 0.25) is 0 Å². The van der Waals surface area contributed by atoms with Crippen molar-refractivity contribution < 1.29 is 44.3 Å². The van der Waals surface area contributed by atoms with Crippen LogP contribution in [0.25, 0.3) is 0 Å². The van der Waals surface area contributed by atoms with Crippen molar-refractivity contribution in [1.29, 1.82) is 0 Å². The molecule has 1 aliphatic carbocycles. The Hall–Kier alpha value is -1.81. The van der Waals surface area contributed by atoms with Gasteiger partial charge >= 0.3 is 11.9 Å². The molecule has 0 heterocycles. The van der Waals surface area contributed by atoms with E-state index in [0.29, 0.717) is 25.7 Å². The molecule has 0 bridgehead atoms. The molecule has 7 atom stereocenters. The number of hydrogen-bond donors (Lipinski definition) is 4. The van der Waals surface area contributed by atoms with Gasteiger partial charge < -0.3 is 29.9 Å². The Morgan fingerprint density at radius 3 is 2.04 bits per heavy atom. The standard InChI is InChI=1S/C38H68O9/c1-4-6-13-19-30(40)23-24-33-34(36(43)26-35(33)42)25-31(41)20-16-17-22-38(45)47-32(27-39)28-46-37(44)21-15-12-10-8-7-9-11-14-18-29(3)5-2/h23-24,29-30,32-36,39-40,42-43H,4-22,25-28H2,1-3H3/b24-23+/t29?,30-,32-,33+,34+,35+,36-/m0/s1. The van der Waals surface area contributed by atoms with Gasteiger partial charge in [0.05, 0.1) is 24.9 Å². The third-order valence-electron chi connectivity index (χ3n) is 9.58. The molecular formula is C38H68O9. The zero-order valence-electron chi connectivity index (χ0n) is 29.8. The lowest BCUT2D eigenvalue weighted by molar-refractivity contribution is -0.161. The van der Waals surface area contributed by atoms with Crippen molar-refractivity contribution in [3.8, 4) is 0 Å². The molecule has 4 N–H and O–H groups in total. The first-order valence-corrected chi connectivity index (χ1v) is 18.8. The highest BCUT2D eigenvalue weighted by molar-refractivity contribution is 5.79. The van der Waals surface area contributed by atoms with Gasteiger partial charge in [-0.3, -0.25) is 14.4 Å². The Bertz CT molecular complexity index is 860. The Kier molecular flexibility index (Phi) is 24.9. The average Bonchev–Trinajstić information content (AvgIpc) is 3.31. The van der Waals surface area contributed by atoms with Crippen LogP contribution in [0, 0.1) is 17.8 Å². The highest BCUT2D eigenvalue weighted by atomic mass is 16.6. The van der Waals surface area contributed by atoms with E-state index < -0.39 is 48.8 Å². The average molecular weight is 669 g/mol. The van der Waals surface area contributed by atoms with Crippen molar-refractivity contribution in [2.45, 2.75) is 180 Å². The minimum absolute atomic E-state index is 0.0499. The normalized spacial score (nSPS) is 21.5. The van der Waals surface area contributed by atoms with Crippen molar-refractivity contribution in [2.75, 3.05) is 13.2 Å². The maximum atomic E-state index is 12.7. The molecule has 274 valence electrons. The van der Waals surface area contributed by atoms with Crippen LogP contribution < -0.4 is 0 Å². The monoisotopic (exact) mass is 668 g/mol. The second-order valence-electron chi connectivity index (χ2n) is 13.9. The number of ketones is 1. The number of Topliss-reactive ketones (excluding diaryl/α,β-unsaturated/α-hetero) is 1. The fourth-order valence-electron chi connectivity index (χ4n) is 6.23. The summed E-state index contributed by atoms with van der Waals surface area (Å²) < 4.78 is 10.5. The molecule has 1 rings (SSSR count). The molecule has 1 unspecified atom stereocenters. The number of aliphatic hydroxyl groups is 4. The largest absolute Gasteiger partial charge is 0.462 e. The molecular weight excluding hydrogens is 600 g/mol. The van der Waals surface area contributed by atoms with Crippen LogP contribution in [0.4, 0.5) is 0 Å². The summed E-state index contributed by atoms with van der Waals surface area (Å²) in [6.45, 7) is 6.03. The number of ether oxygens (including phenoxy) is 2. The highest BCUT2D eigenvalue weighted by Gasteiger charge is 2.41. The van der Waals surface area contributed by atoms with E-state index >= 15 is 0 Å². The topological polar surface area (TPSA) is 151 Å². The molecule has 0 saturated heterocycles. The third kappa shape index (κ3) is 21.0. The lowest BCUT2D eigenvalue weighted by Crippen LogP contribution is -2.28. The SMILES string of the molecule is CCCCC[C@H](O)/C=C/[C@@H]1[C@@H](CC(=O)CCCCC(=O)O[C@@H](CO)COC(=O)CCCCCCCCCCC(C)CC)[C@@H](O)C[C@H]1O. The summed E-state index contributed by atoms with van der Waals surface area (Å²) in [6, 6.07) is 0. The molecule has 0 aromatic heterocycles. The predicted octanol–water partition coefficient (Wildman–Crippen LogP) is 6.76. The lowest BCUT2D eigenvalue weighted by atomic mass is 9.87. The number of hydrogen-bond acceptors (Lipinski definition) is 9. The molecule has 1 fully saturated rings. The zero-order chi connectivity index (χ0) is 34.9. The summed E-state index contributed by atoms with van der Waals surface area (Å²) in [5.41, 5.74) is 0. The maximum Gasteiger partial charge on any atom is 0.306 e. The number of unbranched alkanes of at least 4 members (excludes halogenated alkanes) is 10. The van der Waals surface area contributed by atoms with Gasteiger partial charge in [-0.2, -0.15) is 0 Å². The zero-order valence-corrected chi connectivity index (χ0v) is 29.8. The van der Waals surface area contributed by atoms with Gasteiger partial charge in [0, 0.05) is 43.9 Å². The van der Waals surface area contributed by atoms with Crippen molar-refractivity contribution in [3.63, 3.8) is 0 Å². The van der Waals surface area contributed by atoms with Gasteiger partial charge in [0.1, 0.15) is 12.4 Å². The summed E-state index contributed by atoms with van der Waals surface area (Å²) >= 11 is 0. The third-order valence-corrected chi connectivity index (χ3v) is 9.58. The lowest BCUT2D eigenvalue weighted by Gasteiger charge is -2.20. The van der Waals surface area contributed by atoms with Gasteiger partial charge in [-0.05, 0) is 31.6 Å². The van der Waals surface area contributed by atoms with Crippen LogP contribution in [0.1, 0.15) is 156 Å². The number of esters is 2. The van der Waals surface area contributed by atoms with Gasteiger partial charge in [0.25, 0.3) is 0 Å². The van der Waals surface area contributed by atoms with Crippen LogP contribution in [0.3, 0.4) is 0 Å². The van der Waals surface area contributed by atoms with Gasteiger partial charge in [-0.15, -0.1) is 0 Å². The van der Waals surface area contributed by atoms with Crippen molar-refractivity contribution >= 4 is 17.7 Å². The van der Waals surface area contributed by atoms with E-state index in [1.807, 2.05) is 0 Å². The number of rotatable bonds is 29. The summed E-state index contributed by atoms with van der Waals surface area (Å²) in [6.07, 6.45) is 17.6.